The summed E-state index contributed by atoms with van der Waals surface area (Å²) in [6.45, 7) is 1.88. The smallest absolute Gasteiger partial charge is 0.240 e. The summed E-state index contributed by atoms with van der Waals surface area (Å²) in [5, 5.41) is 6.28. The zero-order chi connectivity index (χ0) is 26.9. The van der Waals surface area contributed by atoms with Crippen LogP contribution in [0.3, 0.4) is 0 Å². The van der Waals surface area contributed by atoms with Crippen molar-refractivity contribution >= 4 is 34.1 Å². The maximum atomic E-state index is 13.1. The summed E-state index contributed by atoms with van der Waals surface area (Å²) in [5.41, 5.74) is 1.31. The number of halogens is 1. The number of amides is 2. The van der Waals surface area contributed by atoms with Crippen LogP contribution in [0.2, 0.25) is 0 Å². The van der Waals surface area contributed by atoms with Gasteiger partial charge in [0.05, 0.1) is 19.7 Å². The lowest BCUT2D eigenvalue weighted by molar-refractivity contribution is -0.131. The lowest BCUT2D eigenvalue weighted by Crippen LogP contribution is -2.35. The lowest BCUT2D eigenvalue weighted by atomic mass is 10.0. The Hall–Kier alpha value is -4.66. The molecule has 0 saturated heterocycles. The third-order valence-electron chi connectivity index (χ3n) is 6.47. The molecule has 5 rings (SSSR count). The predicted octanol–water partition coefficient (Wildman–Crippen LogP) is 5.85. The summed E-state index contributed by atoms with van der Waals surface area (Å²) >= 11 is 0. The minimum Gasteiger partial charge on any atom is -0.493 e. The van der Waals surface area contributed by atoms with E-state index in [1.165, 1.54) is 24.3 Å². The number of hydrogen-bond acceptors (Lipinski definition) is 6. The first kappa shape index (κ1) is 25.0. The van der Waals surface area contributed by atoms with Crippen molar-refractivity contribution in [3.8, 4) is 23.0 Å². The molecule has 1 heterocycles. The van der Waals surface area contributed by atoms with Crippen molar-refractivity contribution in [2.75, 3.05) is 24.9 Å². The zero-order valence-corrected chi connectivity index (χ0v) is 21.1. The van der Waals surface area contributed by atoms with Crippen LogP contribution in [0.15, 0.2) is 66.7 Å². The molecule has 0 spiro atoms. The SMILES string of the molecule is COc1cc2nc(C)cc(Oc3ccc(NC(=O)C4(C(=O)Nc5ccc(F)cc5)CC4)cc3)c2cc1OC. The van der Waals surface area contributed by atoms with Gasteiger partial charge < -0.3 is 24.8 Å². The highest BCUT2D eigenvalue weighted by atomic mass is 19.1. The Morgan fingerprint density at radius 1 is 0.816 bits per heavy atom. The van der Waals surface area contributed by atoms with Gasteiger partial charge in [0.15, 0.2) is 11.5 Å². The number of aryl methyl sites for hydroxylation is 1. The van der Waals surface area contributed by atoms with Crippen LogP contribution >= 0.6 is 0 Å². The molecule has 2 amide bonds. The van der Waals surface area contributed by atoms with E-state index in [4.69, 9.17) is 14.2 Å². The van der Waals surface area contributed by atoms with Crippen molar-refractivity contribution in [1.29, 1.82) is 0 Å². The molecule has 1 fully saturated rings. The molecular weight excluding hydrogens is 489 g/mol. The van der Waals surface area contributed by atoms with E-state index < -0.39 is 17.1 Å². The monoisotopic (exact) mass is 515 g/mol. The second-order valence-electron chi connectivity index (χ2n) is 9.11. The number of anilines is 2. The molecule has 0 unspecified atom stereocenters. The van der Waals surface area contributed by atoms with Crippen molar-refractivity contribution < 1.29 is 28.2 Å². The van der Waals surface area contributed by atoms with E-state index in [1.807, 2.05) is 19.1 Å². The van der Waals surface area contributed by atoms with E-state index in [1.54, 1.807) is 44.6 Å². The molecule has 38 heavy (non-hydrogen) atoms. The Morgan fingerprint density at radius 3 is 1.92 bits per heavy atom. The maximum absolute atomic E-state index is 13.1. The number of pyridine rings is 1. The Bertz CT molecular complexity index is 1520. The molecule has 0 bridgehead atoms. The number of rotatable bonds is 8. The van der Waals surface area contributed by atoms with E-state index in [9.17, 15) is 14.0 Å². The molecular formula is C29H26FN3O5. The van der Waals surface area contributed by atoms with Crippen LogP contribution in [0.1, 0.15) is 18.5 Å². The van der Waals surface area contributed by atoms with Gasteiger partial charge in [-0.3, -0.25) is 14.6 Å². The summed E-state index contributed by atoms with van der Waals surface area (Å²) < 4.78 is 30.1. The molecule has 0 aliphatic heterocycles. The number of carbonyl (C=O) groups is 2. The Labute approximate surface area is 218 Å². The molecule has 4 aromatic rings. The third-order valence-corrected chi connectivity index (χ3v) is 6.47. The van der Waals surface area contributed by atoms with E-state index in [0.717, 1.165) is 11.1 Å². The van der Waals surface area contributed by atoms with Gasteiger partial charge in [-0.1, -0.05) is 0 Å². The van der Waals surface area contributed by atoms with Crippen molar-refractivity contribution in [3.05, 3.63) is 78.2 Å². The highest BCUT2D eigenvalue weighted by molar-refractivity contribution is 6.16. The van der Waals surface area contributed by atoms with Crippen molar-refractivity contribution in [1.82, 2.24) is 4.98 Å². The van der Waals surface area contributed by atoms with E-state index in [2.05, 4.69) is 15.6 Å². The zero-order valence-electron chi connectivity index (χ0n) is 21.1. The fraction of sp³-hybridized carbons (Fsp3) is 0.207. The number of carbonyl (C=O) groups excluding carboxylic acids is 2. The van der Waals surface area contributed by atoms with Gasteiger partial charge in [0.1, 0.15) is 22.7 Å². The van der Waals surface area contributed by atoms with Gasteiger partial charge in [0, 0.05) is 34.6 Å². The molecule has 3 aromatic carbocycles. The van der Waals surface area contributed by atoms with Gasteiger partial charge in [-0.2, -0.15) is 0 Å². The van der Waals surface area contributed by atoms with E-state index in [-0.39, 0.29) is 5.91 Å². The summed E-state index contributed by atoms with van der Waals surface area (Å²) in [7, 11) is 3.14. The van der Waals surface area contributed by atoms with Gasteiger partial charge in [0.25, 0.3) is 0 Å². The van der Waals surface area contributed by atoms with Crippen molar-refractivity contribution in [2.24, 2.45) is 5.41 Å². The van der Waals surface area contributed by atoms with Crippen LogP contribution in [0.25, 0.3) is 10.9 Å². The van der Waals surface area contributed by atoms with Crippen LogP contribution in [0.4, 0.5) is 15.8 Å². The first-order chi connectivity index (χ1) is 18.3. The second-order valence-corrected chi connectivity index (χ2v) is 9.11. The van der Waals surface area contributed by atoms with Crippen LogP contribution in [-0.2, 0) is 9.59 Å². The van der Waals surface area contributed by atoms with Gasteiger partial charge in [-0.25, -0.2) is 4.39 Å². The number of benzene rings is 3. The highest BCUT2D eigenvalue weighted by Gasteiger charge is 2.56. The summed E-state index contributed by atoms with van der Waals surface area (Å²) in [6.07, 6.45) is 0.881. The third kappa shape index (κ3) is 4.95. The minimum atomic E-state index is -1.14. The topological polar surface area (TPSA) is 98.8 Å². The van der Waals surface area contributed by atoms with E-state index in [0.29, 0.717) is 52.7 Å². The number of aromatic nitrogens is 1. The quantitative estimate of drug-likeness (QED) is 0.286. The van der Waals surface area contributed by atoms with Crippen molar-refractivity contribution in [3.63, 3.8) is 0 Å². The number of methoxy groups -OCH3 is 2. The molecule has 1 saturated carbocycles. The molecule has 1 aliphatic carbocycles. The number of ether oxygens (including phenoxy) is 3. The fourth-order valence-corrected chi connectivity index (χ4v) is 4.18. The van der Waals surface area contributed by atoms with Crippen molar-refractivity contribution in [2.45, 2.75) is 19.8 Å². The maximum Gasteiger partial charge on any atom is 0.240 e. The lowest BCUT2D eigenvalue weighted by Gasteiger charge is -2.16. The average Bonchev–Trinajstić information content (AvgIpc) is 3.73. The molecule has 0 atom stereocenters. The van der Waals surface area contributed by atoms with Crippen LogP contribution < -0.4 is 24.8 Å². The fourth-order valence-electron chi connectivity index (χ4n) is 4.18. The van der Waals surface area contributed by atoms with Crippen LogP contribution in [-0.4, -0.2) is 31.0 Å². The summed E-state index contributed by atoms with van der Waals surface area (Å²) in [4.78, 5) is 30.3. The number of nitrogens with one attached hydrogen (secondary N) is 2. The number of hydrogen-bond donors (Lipinski definition) is 2. The molecule has 9 heteroatoms. The molecule has 0 radical (unpaired) electrons. The molecule has 2 N–H and O–H groups in total. The van der Waals surface area contributed by atoms with E-state index >= 15 is 0 Å². The van der Waals surface area contributed by atoms with Crippen LogP contribution in [0, 0.1) is 18.2 Å². The predicted molar refractivity (Wildman–Crippen MR) is 141 cm³/mol. The van der Waals surface area contributed by atoms with Crippen LogP contribution in [0.5, 0.6) is 23.0 Å². The highest BCUT2D eigenvalue weighted by Crippen LogP contribution is 2.47. The summed E-state index contributed by atoms with van der Waals surface area (Å²) in [6, 6.07) is 17.8. The van der Waals surface area contributed by atoms with Gasteiger partial charge in [-0.05, 0) is 74.4 Å². The van der Waals surface area contributed by atoms with Gasteiger partial charge in [0.2, 0.25) is 11.8 Å². The molecule has 1 aromatic heterocycles. The molecule has 8 nitrogen and oxygen atoms in total. The number of nitrogens with zero attached hydrogens (tertiary/aromatic N) is 1. The Balaban J connectivity index is 1.29. The van der Waals surface area contributed by atoms with Gasteiger partial charge in [-0.15, -0.1) is 0 Å². The van der Waals surface area contributed by atoms with Gasteiger partial charge >= 0.3 is 0 Å². The largest absolute Gasteiger partial charge is 0.493 e. The molecule has 1 aliphatic rings. The average molecular weight is 516 g/mol. The molecule has 194 valence electrons. The number of fused-ring (bicyclic) bond motifs is 1. The first-order valence-corrected chi connectivity index (χ1v) is 12.0. The normalized spacial score (nSPS) is 13.5. The first-order valence-electron chi connectivity index (χ1n) is 12.0. The Morgan fingerprint density at radius 2 is 1.37 bits per heavy atom. The Kier molecular flexibility index (Phi) is 6.59. The second kappa shape index (κ2) is 10.0. The minimum absolute atomic E-state index is 0.387. The summed E-state index contributed by atoms with van der Waals surface area (Å²) in [5.74, 6) is 1.09. The standard InChI is InChI=1S/C29H26FN3O5/c1-17-14-24(22-15-25(36-2)26(37-3)16-23(22)31-17)38-21-10-8-20(9-11-21)33-28(35)29(12-13-29)27(34)32-19-6-4-18(30)5-7-19/h4-11,14-16H,12-13H2,1-3H3,(H,32,34)(H,33,35).